The molecule has 1 amide bonds. The third-order valence-electron chi connectivity index (χ3n) is 7.18. The number of aromatic nitrogens is 3. The third kappa shape index (κ3) is 5.52. The lowest BCUT2D eigenvalue weighted by atomic mass is 9.96. The number of pyridine rings is 1. The van der Waals surface area contributed by atoms with Gasteiger partial charge in [0.2, 0.25) is 0 Å². The van der Waals surface area contributed by atoms with Gasteiger partial charge in [-0.3, -0.25) is 0 Å². The van der Waals surface area contributed by atoms with Gasteiger partial charge < -0.3 is 30.1 Å². The summed E-state index contributed by atoms with van der Waals surface area (Å²) in [6, 6.07) is 7.83. The minimum absolute atomic E-state index is 0.0872. The van der Waals surface area contributed by atoms with Crippen molar-refractivity contribution in [2.45, 2.75) is 43.6 Å². The summed E-state index contributed by atoms with van der Waals surface area (Å²) >= 11 is 0. The molecule has 2 atom stereocenters. The third-order valence-corrected chi connectivity index (χ3v) is 7.18. The Labute approximate surface area is 222 Å². The number of rotatable bonds is 6. The Bertz CT molecular complexity index is 1320. The van der Waals surface area contributed by atoms with Crippen LogP contribution in [-0.2, 0) is 0 Å². The number of anilines is 2. The van der Waals surface area contributed by atoms with Crippen molar-refractivity contribution in [2.24, 2.45) is 0 Å². The number of halogens is 3. The number of alkyl halides is 3. The van der Waals surface area contributed by atoms with E-state index in [1.165, 1.54) is 19.1 Å². The van der Waals surface area contributed by atoms with Crippen LogP contribution in [0.2, 0.25) is 0 Å². The maximum atomic E-state index is 14.1. The monoisotopic (exact) mass is 546 g/mol. The molecule has 1 fully saturated rings. The molecule has 0 bridgehead atoms. The Morgan fingerprint density at radius 2 is 1.85 bits per heavy atom. The second-order valence-corrected chi connectivity index (χ2v) is 9.58. The van der Waals surface area contributed by atoms with E-state index in [0.29, 0.717) is 60.1 Å². The average Bonchev–Trinajstić information content (AvgIpc) is 3.36. The first-order valence-electron chi connectivity index (χ1n) is 12.5. The van der Waals surface area contributed by atoms with Gasteiger partial charge in [-0.15, -0.1) is 0 Å². The summed E-state index contributed by atoms with van der Waals surface area (Å²) in [4.78, 5) is 16.9. The lowest BCUT2D eigenvalue weighted by molar-refractivity contribution is -0.173. The molecule has 0 saturated carbocycles. The molecule has 2 aliphatic heterocycles. The van der Waals surface area contributed by atoms with E-state index in [2.05, 4.69) is 20.7 Å². The minimum atomic E-state index is -4.50. The molecule has 0 spiro atoms. The first kappa shape index (κ1) is 26.4. The first-order chi connectivity index (χ1) is 18.7. The topological polar surface area (TPSA) is 114 Å². The van der Waals surface area contributed by atoms with E-state index in [9.17, 15) is 18.0 Å². The van der Waals surface area contributed by atoms with Gasteiger partial charge in [0.1, 0.15) is 11.6 Å². The van der Waals surface area contributed by atoms with Crippen LogP contribution in [0.3, 0.4) is 0 Å². The fraction of sp³-hybridized carbons (Fsp3) is 0.423. The van der Waals surface area contributed by atoms with Crippen LogP contribution in [0.5, 0.6) is 11.5 Å². The van der Waals surface area contributed by atoms with E-state index in [1.54, 1.807) is 42.6 Å². The van der Waals surface area contributed by atoms with Crippen molar-refractivity contribution in [3.63, 3.8) is 0 Å². The molecule has 4 heterocycles. The standard InChI is InChI=1S/C26H29F3N6O4/c1-38-20-5-3-15(11-21(20)39-2)18-12-22(26(27,28)29)35-24(32-18)13-19(33-35)16-4-6-23(30-14-16)31-17-7-9-34(10-8-17)25(36)37/h3-6,11,13-14,17-18,22,32H,7-10,12H2,1-2H3,(H,30,31)(H,36,37). The van der Waals surface area contributed by atoms with Gasteiger partial charge in [-0.1, -0.05) is 6.07 Å². The number of likely N-dealkylation sites (tertiary alicyclic amines) is 1. The molecule has 0 aliphatic carbocycles. The molecule has 3 N–H and O–H groups in total. The number of hydrogen-bond acceptors (Lipinski definition) is 7. The zero-order valence-corrected chi connectivity index (χ0v) is 21.4. The molecule has 208 valence electrons. The normalized spacial score (nSPS) is 19.7. The van der Waals surface area contributed by atoms with Gasteiger partial charge in [-0.25, -0.2) is 14.5 Å². The van der Waals surface area contributed by atoms with Gasteiger partial charge in [0, 0.05) is 43.4 Å². The van der Waals surface area contributed by atoms with E-state index in [1.807, 2.05) is 0 Å². The number of ether oxygens (including phenoxy) is 2. The SMILES string of the molecule is COc1ccc(C2CC(C(F)(F)F)n3nc(-c4ccc(NC5CCN(C(=O)O)CC5)nc4)cc3N2)cc1OC. The molecule has 1 saturated heterocycles. The maximum Gasteiger partial charge on any atom is 0.410 e. The van der Waals surface area contributed by atoms with Crippen LogP contribution in [0.25, 0.3) is 11.3 Å². The predicted molar refractivity (Wildman–Crippen MR) is 137 cm³/mol. The van der Waals surface area contributed by atoms with Crippen LogP contribution < -0.4 is 20.1 Å². The molecule has 0 radical (unpaired) electrons. The highest BCUT2D eigenvalue weighted by atomic mass is 19.4. The Morgan fingerprint density at radius 3 is 2.46 bits per heavy atom. The fourth-order valence-electron chi connectivity index (χ4n) is 5.06. The molecular formula is C26H29F3N6O4. The van der Waals surface area contributed by atoms with Gasteiger partial charge in [-0.2, -0.15) is 18.3 Å². The highest BCUT2D eigenvalue weighted by Crippen LogP contribution is 2.45. The number of hydrogen-bond donors (Lipinski definition) is 3. The van der Waals surface area contributed by atoms with Gasteiger partial charge in [-0.05, 0) is 42.7 Å². The van der Waals surface area contributed by atoms with Gasteiger partial charge in [0.05, 0.1) is 26.0 Å². The number of benzene rings is 1. The second-order valence-electron chi connectivity index (χ2n) is 9.58. The lowest BCUT2D eigenvalue weighted by Gasteiger charge is -2.33. The number of nitrogens with one attached hydrogen (secondary N) is 2. The zero-order valence-electron chi connectivity index (χ0n) is 21.4. The Balaban J connectivity index is 1.35. The molecule has 2 aliphatic rings. The van der Waals surface area contributed by atoms with Gasteiger partial charge in [0.15, 0.2) is 17.5 Å². The Kier molecular flexibility index (Phi) is 7.15. The van der Waals surface area contributed by atoms with Crippen LogP contribution in [0, 0.1) is 0 Å². The molecule has 10 nitrogen and oxygen atoms in total. The summed E-state index contributed by atoms with van der Waals surface area (Å²) in [5.41, 5.74) is 1.59. The van der Waals surface area contributed by atoms with E-state index in [4.69, 9.17) is 14.6 Å². The van der Waals surface area contributed by atoms with Crippen molar-refractivity contribution >= 4 is 17.7 Å². The Morgan fingerprint density at radius 1 is 1.10 bits per heavy atom. The molecule has 39 heavy (non-hydrogen) atoms. The number of piperidine rings is 1. The number of amides is 1. The number of nitrogens with zero attached hydrogens (tertiary/aromatic N) is 4. The van der Waals surface area contributed by atoms with Crippen LogP contribution >= 0.6 is 0 Å². The first-order valence-corrected chi connectivity index (χ1v) is 12.5. The van der Waals surface area contributed by atoms with E-state index in [0.717, 1.165) is 4.68 Å². The molecule has 5 rings (SSSR count). The highest BCUT2D eigenvalue weighted by molar-refractivity contribution is 5.65. The highest BCUT2D eigenvalue weighted by Gasteiger charge is 2.46. The van der Waals surface area contributed by atoms with Crippen molar-refractivity contribution in [1.29, 1.82) is 0 Å². The summed E-state index contributed by atoms with van der Waals surface area (Å²) in [7, 11) is 2.98. The van der Waals surface area contributed by atoms with Crippen LogP contribution in [0.1, 0.15) is 36.9 Å². The van der Waals surface area contributed by atoms with Crippen LogP contribution in [0.15, 0.2) is 42.6 Å². The maximum absolute atomic E-state index is 14.1. The van der Waals surface area contributed by atoms with Crippen LogP contribution in [-0.4, -0.2) is 70.4 Å². The summed E-state index contributed by atoms with van der Waals surface area (Å²) < 4.78 is 54.0. The Hall–Kier alpha value is -4.16. The minimum Gasteiger partial charge on any atom is -0.493 e. The second kappa shape index (κ2) is 10.5. The predicted octanol–water partition coefficient (Wildman–Crippen LogP) is 5.18. The number of methoxy groups -OCH3 is 2. The van der Waals surface area contributed by atoms with Crippen molar-refractivity contribution < 1.29 is 32.5 Å². The number of carbonyl (C=O) groups is 1. The molecular weight excluding hydrogens is 517 g/mol. The van der Waals surface area contributed by atoms with Crippen molar-refractivity contribution in [3.8, 4) is 22.8 Å². The smallest absolute Gasteiger partial charge is 0.410 e. The van der Waals surface area contributed by atoms with E-state index < -0.39 is 24.4 Å². The number of carboxylic acid groups (broad SMARTS) is 1. The average molecular weight is 547 g/mol. The molecule has 3 aromatic rings. The van der Waals surface area contributed by atoms with E-state index in [-0.39, 0.29) is 18.3 Å². The zero-order chi connectivity index (χ0) is 27.7. The number of fused-ring (bicyclic) bond motifs is 1. The lowest BCUT2D eigenvalue weighted by Crippen LogP contribution is -2.41. The summed E-state index contributed by atoms with van der Waals surface area (Å²) in [5, 5.41) is 19.9. The quantitative estimate of drug-likeness (QED) is 0.388. The van der Waals surface area contributed by atoms with E-state index >= 15 is 0 Å². The summed E-state index contributed by atoms with van der Waals surface area (Å²) in [6.07, 6.45) is -2.77. The van der Waals surface area contributed by atoms with Crippen molar-refractivity contribution in [2.75, 3.05) is 37.9 Å². The summed E-state index contributed by atoms with van der Waals surface area (Å²) in [5.74, 6) is 1.79. The molecule has 2 aromatic heterocycles. The van der Waals surface area contributed by atoms with Crippen molar-refractivity contribution in [1.82, 2.24) is 19.7 Å². The molecule has 1 aromatic carbocycles. The largest absolute Gasteiger partial charge is 0.493 e. The van der Waals surface area contributed by atoms with Crippen LogP contribution in [0.4, 0.5) is 29.6 Å². The molecule has 2 unspecified atom stereocenters. The van der Waals surface area contributed by atoms with Crippen molar-refractivity contribution in [3.05, 3.63) is 48.2 Å². The van der Waals surface area contributed by atoms with Gasteiger partial charge in [0.25, 0.3) is 0 Å². The molecule has 13 heteroatoms. The summed E-state index contributed by atoms with van der Waals surface area (Å²) in [6.45, 7) is 0.895. The van der Waals surface area contributed by atoms with Gasteiger partial charge >= 0.3 is 12.3 Å². The fourth-order valence-corrected chi connectivity index (χ4v) is 5.06.